The summed E-state index contributed by atoms with van der Waals surface area (Å²) in [5.41, 5.74) is 1.21. The smallest absolute Gasteiger partial charge is 0.253 e. The first-order valence-corrected chi connectivity index (χ1v) is 9.95. The molecule has 2 aromatic rings. The Labute approximate surface area is 174 Å². The van der Waals surface area contributed by atoms with E-state index in [0.717, 1.165) is 6.42 Å². The van der Waals surface area contributed by atoms with Crippen molar-refractivity contribution in [3.8, 4) is 5.75 Å². The van der Waals surface area contributed by atoms with Crippen molar-refractivity contribution in [1.29, 1.82) is 0 Å². The Morgan fingerprint density at radius 3 is 2.62 bits per heavy atom. The molecule has 5 nitrogen and oxygen atoms in total. The number of rotatable bonds is 5. The molecular weight excluding hydrogens is 395 g/mol. The van der Waals surface area contributed by atoms with E-state index in [2.05, 4.69) is 5.32 Å². The van der Waals surface area contributed by atoms with E-state index in [1.54, 1.807) is 48.2 Å². The summed E-state index contributed by atoms with van der Waals surface area (Å²) in [7, 11) is 1.41. The van der Waals surface area contributed by atoms with Gasteiger partial charge in [-0.05, 0) is 61.7 Å². The molecule has 0 bridgehead atoms. The van der Waals surface area contributed by atoms with E-state index < -0.39 is 5.82 Å². The average molecular weight is 419 g/mol. The molecule has 0 aromatic heterocycles. The second-order valence-corrected chi connectivity index (χ2v) is 7.66. The van der Waals surface area contributed by atoms with Crippen LogP contribution in [0.4, 0.5) is 4.39 Å². The molecule has 29 heavy (non-hydrogen) atoms. The van der Waals surface area contributed by atoms with Crippen molar-refractivity contribution in [2.45, 2.75) is 25.8 Å². The second kappa shape index (κ2) is 9.27. The number of likely N-dealkylation sites (tertiary alicyclic amines) is 1. The van der Waals surface area contributed by atoms with Gasteiger partial charge in [-0.25, -0.2) is 4.39 Å². The summed E-state index contributed by atoms with van der Waals surface area (Å²) in [5.74, 6) is -0.850. The highest BCUT2D eigenvalue weighted by Crippen LogP contribution is 2.24. The number of nitrogens with one attached hydrogen (secondary N) is 1. The van der Waals surface area contributed by atoms with Crippen LogP contribution in [0, 0.1) is 11.7 Å². The van der Waals surface area contributed by atoms with Crippen LogP contribution < -0.4 is 10.1 Å². The largest absolute Gasteiger partial charge is 0.494 e. The minimum Gasteiger partial charge on any atom is -0.494 e. The van der Waals surface area contributed by atoms with Crippen LogP contribution in [-0.2, 0) is 4.79 Å². The van der Waals surface area contributed by atoms with E-state index in [1.165, 1.54) is 13.2 Å². The zero-order chi connectivity index (χ0) is 21.0. The van der Waals surface area contributed by atoms with Gasteiger partial charge in [0.05, 0.1) is 19.1 Å². The van der Waals surface area contributed by atoms with Gasteiger partial charge in [0.25, 0.3) is 5.91 Å². The van der Waals surface area contributed by atoms with Crippen LogP contribution >= 0.6 is 11.6 Å². The summed E-state index contributed by atoms with van der Waals surface area (Å²) >= 11 is 5.88. The van der Waals surface area contributed by atoms with Crippen molar-refractivity contribution in [3.63, 3.8) is 0 Å². The van der Waals surface area contributed by atoms with Gasteiger partial charge in [-0.2, -0.15) is 0 Å². The Morgan fingerprint density at radius 2 is 1.97 bits per heavy atom. The maximum atomic E-state index is 13.9. The molecule has 1 aliphatic rings. The zero-order valence-electron chi connectivity index (χ0n) is 16.5. The number of carbonyl (C=O) groups excluding carboxylic acids is 2. The van der Waals surface area contributed by atoms with Crippen molar-refractivity contribution in [3.05, 3.63) is 64.4 Å². The monoisotopic (exact) mass is 418 g/mol. The van der Waals surface area contributed by atoms with Crippen molar-refractivity contribution in [2.24, 2.45) is 5.92 Å². The third kappa shape index (κ3) is 5.07. The van der Waals surface area contributed by atoms with Gasteiger partial charge in [0, 0.05) is 23.7 Å². The fraction of sp³-hybridized carbons (Fsp3) is 0.364. The Kier molecular flexibility index (Phi) is 6.75. The molecule has 1 aliphatic heterocycles. The third-order valence-electron chi connectivity index (χ3n) is 5.21. The summed E-state index contributed by atoms with van der Waals surface area (Å²) in [6, 6.07) is 11.0. The number of benzene rings is 2. The van der Waals surface area contributed by atoms with Crippen molar-refractivity contribution < 1.29 is 18.7 Å². The van der Waals surface area contributed by atoms with Crippen LogP contribution in [-0.4, -0.2) is 36.9 Å². The molecule has 2 aromatic carbocycles. The predicted molar refractivity (Wildman–Crippen MR) is 110 cm³/mol. The fourth-order valence-corrected chi connectivity index (χ4v) is 3.64. The fourth-order valence-electron chi connectivity index (χ4n) is 3.52. The van der Waals surface area contributed by atoms with Gasteiger partial charge >= 0.3 is 0 Å². The highest BCUT2D eigenvalue weighted by Gasteiger charge is 2.29. The molecule has 0 spiro atoms. The second-order valence-electron chi connectivity index (χ2n) is 7.22. The molecule has 0 unspecified atom stereocenters. The molecular formula is C22H24ClFN2O3. The number of hydrogen-bond acceptors (Lipinski definition) is 3. The van der Waals surface area contributed by atoms with E-state index in [4.69, 9.17) is 16.3 Å². The van der Waals surface area contributed by atoms with E-state index in [0.29, 0.717) is 35.7 Å². The first kappa shape index (κ1) is 21.1. The number of ether oxygens (including phenoxy) is 1. The minimum absolute atomic E-state index is 0.107. The summed E-state index contributed by atoms with van der Waals surface area (Å²) in [4.78, 5) is 27.2. The molecule has 2 atom stereocenters. The molecule has 0 radical (unpaired) electrons. The van der Waals surface area contributed by atoms with Gasteiger partial charge in [-0.15, -0.1) is 0 Å². The molecule has 0 saturated carbocycles. The summed E-state index contributed by atoms with van der Waals surface area (Å²) in [6.07, 6.45) is 1.46. The lowest BCUT2D eigenvalue weighted by Crippen LogP contribution is -2.45. The van der Waals surface area contributed by atoms with Gasteiger partial charge in [-0.3, -0.25) is 9.59 Å². The molecule has 154 valence electrons. The van der Waals surface area contributed by atoms with Crippen molar-refractivity contribution in [2.75, 3.05) is 20.2 Å². The van der Waals surface area contributed by atoms with Crippen LogP contribution in [0.15, 0.2) is 42.5 Å². The van der Waals surface area contributed by atoms with Crippen molar-refractivity contribution in [1.82, 2.24) is 10.2 Å². The van der Waals surface area contributed by atoms with Crippen LogP contribution in [0.1, 0.15) is 41.7 Å². The lowest BCUT2D eigenvalue weighted by molar-refractivity contribution is -0.127. The maximum Gasteiger partial charge on any atom is 0.253 e. The van der Waals surface area contributed by atoms with Crippen LogP contribution in [0.3, 0.4) is 0 Å². The standard InChI is InChI=1S/C22H24ClFN2O3/c1-14(16-7-10-20(29-2)19(24)12-16)25-21(27)17-4-3-11-26(13-17)22(28)15-5-8-18(23)9-6-15/h5-10,12,14,17H,3-4,11,13H2,1-2H3,(H,25,27)/t14-,17+/m0/s1. The lowest BCUT2D eigenvalue weighted by atomic mass is 9.95. The molecule has 1 N–H and O–H groups in total. The SMILES string of the molecule is COc1ccc([C@H](C)NC(=O)[C@@H]2CCCN(C(=O)c3ccc(Cl)cc3)C2)cc1F. The van der Waals surface area contributed by atoms with Gasteiger partial charge in [0.15, 0.2) is 11.6 Å². The zero-order valence-corrected chi connectivity index (χ0v) is 17.2. The van der Waals surface area contributed by atoms with Gasteiger partial charge in [0.2, 0.25) is 5.91 Å². The number of nitrogens with zero attached hydrogens (tertiary/aromatic N) is 1. The first-order valence-electron chi connectivity index (χ1n) is 9.57. The summed E-state index contributed by atoms with van der Waals surface area (Å²) < 4.78 is 18.9. The van der Waals surface area contributed by atoms with E-state index in [-0.39, 0.29) is 29.5 Å². The van der Waals surface area contributed by atoms with Gasteiger partial charge < -0.3 is 15.0 Å². The molecule has 2 amide bonds. The van der Waals surface area contributed by atoms with Crippen LogP contribution in [0.5, 0.6) is 5.75 Å². The number of methoxy groups -OCH3 is 1. The lowest BCUT2D eigenvalue weighted by Gasteiger charge is -2.32. The highest BCUT2D eigenvalue weighted by atomic mass is 35.5. The van der Waals surface area contributed by atoms with Gasteiger partial charge in [0.1, 0.15) is 0 Å². The van der Waals surface area contributed by atoms with Crippen LogP contribution in [0.25, 0.3) is 0 Å². The number of halogens is 2. The van der Waals surface area contributed by atoms with E-state index >= 15 is 0 Å². The number of hydrogen-bond donors (Lipinski definition) is 1. The highest BCUT2D eigenvalue weighted by molar-refractivity contribution is 6.30. The quantitative estimate of drug-likeness (QED) is 0.791. The summed E-state index contributed by atoms with van der Waals surface area (Å²) in [5, 5.41) is 3.51. The Hall–Kier alpha value is -2.60. The maximum absolute atomic E-state index is 13.9. The Bertz CT molecular complexity index is 888. The molecule has 1 heterocycles. The van der Waals surface area contributed by atoms with E-state index in [9.17, 15) is 14.0 Å². The molecule has 1 saturated heterocycles. The van der Waals surface area contributed by atoms with Gasteiger partial charge in [-0.1, -0.05) is 17.7 Å². The third-order valence-corrected chi connectivity index (χ3v) is 5.46. The number of amides is 2. The summed E-state index contributed by atoms with van der Waals surface area (Å²) in [6.45, 7) is 2.78. The topological polar surface area (TPSA) is 58.6 Å². The number of carbonyl (C=O) groups is 2. The Balaban J connectivity index is 1.62. The molecule has 7 heteroatoms. The Morgan fingerprint density at radius 1 is 1.24 bits per heavy atom. The van der Waals surface area contributed by atoms with Crippen LogP contribution in [0.2, 0.25) is 5.02 Å². The molecule has 3 rings (SSSR count). The molecule has 1 fully saturated rings. The van der Waals surface area contributed by atoms with Crippen molar-refractivity contribution >= 4 is 23.4 Å². The predicted octanol–water partition coefficient (Wildman–Crippen LogP) is 4.22. The molecule has 0 aliphatic carbocycles. The van der Waals surface area contributed by atoms with E-state index in [1.807, 2.05) is 0 Å². The average Bonchev–Trinajstić information content (AvgIpc) is 2.73. The minimum atomic E-state index is -0.469. The number of piperidine rings is 1. The first-order chi connectivity index (χ1) is 13.9. The normalized spacial score (nSPS) is 17.5.